The van der Waals surface area contributed by atoms with E-state index in [9.17, 15) is 0 Å². The Morgan fingerprint density at radius 2 is 2.54 bits per heavy atom. The quantitative estimate of drug-likeness (QED) is 0.633. The third-order valence-electron chi connectivity index (χ3n) is 1.79. The summed E-state index contributed by atoms with van der Waals surface area (Å²) in [5.74, 6) is 0.917. The molecule has 0 aromatic carbocycles. The Morgan fingerprint density at radius 1 is 1.77 bits per heavy atom. The molecule has 5 heteroatoms. The maximum atomic E-state index is 5.01. The highest BCUT2D eigenvalue weighted by molar-refractivity contribution is 7.80. The summed E-state index contributed by atoms with van der Waals surface area (Å²) >= 11 is 5.01. The lowest BCUT2D eigenvalue weighted by atomic mass is 10.2. The van der Waals surface area contributed by atoms with Gasteiger partial charge in [0.25, 0.3) is 0 Å². The Morgan fingerprint density at radius 3 is 3.00 bits per heavy atom. The normalized spacial score (nSPS) is 12.2. The molecule has 0 amide bonds. The molecule has 0 aliphatic rings. The minimum Gasteiger partial charge on any atom is -0.366 e. The maximum absolute atomic E-state index is 5.01. The van der Waals surface area contributed by atoms with E-state index in [0.29, 0.717) is 5.11 Å². The molecule has 0 bridgehead atoms. The molecule has 0 aliphatic carbocycles. The molecule has 0 fully saturated rings. The average Bonchev–Trinajstić information content (AvgIpc) is 2.66. The molecule has 0 aliphatic heterocycles. The van der Waals surface area contributed by atoms with Gasteiger partial charge in [0.15, 0.2) is 5.11 Å². The van der Waals surface area contributed by atoms with Crippen molar-refractivity contribution in [3.63, 3.8) is 0 Å². The molecule has 0 saturated heterocycles. The van der Waals surface area contributed by atoms with E-state index < -0.39 is 0 Å². The summed E-state index contributed by atoms with van der Waals surface area (Å²) in [6.07, 6.45) is 4.49. The first-order valence-corrected chi connectivity index (χ1v) is 4.66. The number of rotatable bonds is 3. The summed E-state index contributed by atoms with van der Waals surface area (Å²) < 4.78 is 0. The first-order valence-electron chi connectivity index (χ1n) is 4.25. The lowest BCUT2D eigenvalue weighted by Crippen LogP contribution is -2.35. The SMILES string of the molecule is CCC(NC(=S)NC)c1ncc[nH]1. The molecule has 1 atom stereocenters. The minimum absolute atomic E-state index is 0.162. The van der Waals surface area contributed by atoms with Crippen LogP contribution in [0, 0.1) is 0 Å². The van der Waals surface area contributed by atoms with Crippen molar-refractivity contribution < 1.29 is 0 Å². The van der Waals surface area contributed by atoms with Crippen molar-refractivity contribution in [3.8, 4) is 0 Å². The van der Waals surface area contributed by atoms with Gasteiger partial charge in [0.1, 0.15) is 5.82 Å². The molecule has 0 radical (unpaired) electrons. The molecule has 72 valence electrons. The fourth-order valence-electron chi connectivity index (χ4n) is 1.06. The Balaban J connectivity index is 2.58. The molecule has 4 nitrogen and oxygen atoms in total. The molecule has 0 saturated carbocycles. The van der Waals surface area contributed by atoms with E-state index in [0.717, 1.165) is 12.2 Å². The highest BCUT2D eigenvalue weighted by atomic mass is 32.1. The van der Waals surface area contributed by atoms with Crippen LogP contribution < -0.4 is 10.6 Å². The molecule has 1 rings (SSSR count). The van der Waals surface area contributed by atoms with Gasteiger partial charge in [0, 0.05) is 19.4 Å². The zero-order valence-electron chi connectivity index (χ0n) is 7.79. The Labute approximate surface area is 83.1 Å². The minimum atomic E-state index is 0.162. The van der Waals surface area contributed by atoms with Gasteiger partial charge in [0.2, 0.25) is 0 Å². The first-order chi connectivity index (χ1) is 6.27. The molecule has 13 heavy (non-hydrogen) atoms. The summed E-state index contributed by atoms with van der Waals surface area (Å²) in [6, 6.07) is 0.162. The largest absolute Gasteiger partial charge is 0.366 e. The molecule has 1 unspecified atom stereocenters. The molecular formula is C8H14N4S. The van der Waals surface area contributed by atoms with Gasteiger partial charge >= 0.3 is 0 Å². The monoisotopic (exact) mass is 198 g/mol. The number of aromatic amines is 1. The van der Waals surface area contributed by atoms with Crippen LogP contribution in [0.25, 0.3) is 0 Å². The van der Waals surface area contributed by atoms with E-state index in [1.165, 1.54) is 0 Å². The first kappa shape index (κ1) is 9.98. The smallest absolute Gasteiger partial charge is 0.166 e. The van der Waals surface area contributed by atoms with Crippen LogP contribution in [0.3, 0.4) is 0 Å². The zero-order chi connectivity index (χ0) is 9.68. The highest BCUT2D eigenvalue weighted by Crippen LogP contribution is 2.10. The fourth-order valence-corrected chi connectivity index (χ4v) is 1.20. The molecule has 1 aromatic heterocycles. The van der Waals surface area contributed by atoms with E-state index in [-0.39, 0.29) is 6.04 Å². The molecular weight excluding hydrogens is 184 g/mol. The predicted molar refractivity (Wildman–Crippen MR) is 56.4 cm³/mol. The van der Waals surface area contributed by atoms with Crippen LogP contribution in [0.4, 0.5) is 0 Å². The van der Waals surface area contributed by atoms with Crippen molar-refractivity contribution in [1.29, 1.82) is 0 Å². The second kappa shape index (κ2) is 4.81. The zero-order valence-corrected chi connectivity index (χ0v) is 8.61. The van der Waals surface area contributed by atoms with Crippen LogP contribution in [0.1, 0.15) is 25.2 Å². The lowest BCUT2D eigenvalue weighted by molar-refractivity contribution is 0.589. The van der Waals surface area contributed by atoms with Crippen molar-refractivity contribution in [2.45, 2.75) is 19.4 Å². The van der Waals surface area contributed by atoms with Crippen molar-refractivity contribution in [2.24, 2.45) is 0 Å². The average molecular weight is 198 g/mol. The third-order valence-corrected chi connectivity index (χ3v) is 2.11. The number of thiocarbonyl (C=S) groups is 1. The maximum Gasteiger partial charge on any atom is 0.166 e. The number of H-pyrrole nitrogens is 1. The standard InChI is InChI=1S/C8H14N4S/c1-3-6(12-8(13)9-2)7-10-4-5-11-7/h4-6H,3H2,1-2H3,(H,10,11)(H2,9,12,13). The van der Waals surface area contributed by atoms with Crippen LogP contribution in [0.5, 0.6) is 0 Å². The number of hydrogen-bond acceptors (Lipinski definition) is 2. The van der Waals surface area contributed by atoms with E-state index in [4.69, 9.17) is 12.2 Å². The number of nitrogens with one attached hydrogen (secondary N) is 3. The van der Waals surface area contributed by atoms with Crippen LogP contribution in [-0.2, 0) is 0 Å². The summed E-state index contributed by atoms with van der Waals surface area (Å²) in [7, 11) is 1.80. The van der Waals surface area contributed by atoms with Gasteiger partial charge < -0.3 is 15.6 Å². The van der Waals surface area contributed by atoms with Gasteiger partial charge in [-0.25, -0.2) is 4.98 Å². The van der Waals surface area contributed by atoms with Crippen LogP contribution in [0.2, 0.25) is 0 Å². The van der Waals surface area contributed by atoms with E-state index in [2.05, 4.69) is 27.5 Å². The van der Waals surface area contributed by atoms with E-state index in [1.807, 2.05) is 6.20 Å². The number of nitrogens with zero attached hydrogens (tertiary/aromatic N) is 1. The second-order valence-corrected chi connectivity index (χ2v) is 3.07. The van der Waals surface area contributed by atoms with Crippen LogP contribution >= 0.6 is 12.2 Å². The summed E-state index contributed by atoms with van der Waals surface area (Å²) in [5.41, 5.74) is 0. The van der Waals surface area contributed by atoms with Crippen molar-refractivity contribution in [2.75, 3.05) is 7.05 Å². The third kappa shape index (κ3) is 2.69. The fraction of sp³-hybridized carbons (Fsp3) is 0.500. The van der Waals surface area contributed by atoms with Gasteiger partial charge in [-0.15, -0.1) is 0 Å². The van der Waals surface area contributed by atoms with Crippen molar-refractivity contribution in [3.05, 3.63) is 18.2 Å². The van der Waals surface area contributed by atoms with Crippen LogP contribution in [0.15, 0.2) is 12.4 Å². The van der Waals surface area contributed by atoms with E-state index in [1.54, 1.807) is 13.2 Å². The Hall–Kier alpha value is -1.10. The Kier molecular flexibility index (Phi) is 3.70. The van der Waals surface area contributed by atoms with Gasteiger partial charge in [-0.05, 0) is 18.6 Å². The van der Waals surface area contributed by atoms with Crippen molar-refractivity contribution >= 4 is 17.3 Å². The van der Waals surface area contributed by atoms with Crippen molar-refractivity contribution in [1.82, 2.24) is 20.6 Å². The summed E-state index contributed by atoms with van der Waals surface area (Å²) in [4.78, 5) is 7.23. The summed E-state index contributed by atoms with van der Waals surface area (Å²) in [6.45, 7) is 2.08. The number of hydrogen-bond donors (Lipinski definition) is 3. The molecule has 1 aromatic rings. The predicted octanol–water partition coefficient (Wildman–Crippen LogP) is 0.955. The second-order valence-electron chi connectivity index (χ2n) is 2.66. The van der Waals surface area contributed by atoms with Gasteiger partial charge in [0.05, 0.1) is 6.04 Å². The highest BCUT2D eigenvalue weighted by Gasteiger charge is 2.11. The number of aromatic nitrogens is 2. The molecule has 3 N–H and O–H groups in total. The lowest BCUT2D eigenvalue weighted by Gasteiger charge is -2.15. The summed E-state index contributed by atoms with van der Waals surface area (Å²) in [5, 5.41) is 6.66. The topological polar surface area (TPSA) is 52.7 Å². The number of imidazole rings is 1. The van der Waals surface area contributed by atoms with E-state index >= 15 is 0 Å². The molecule has 0 spiro atoms. The van der Waals surface area contributed by atoms with Gasteiger partial charge in [-0.1, -0.05) is 6.92 Å². The Bertz CT molecular complexity index is 257. The van der Waals surface area contributed by atoms with Crippen LogP contribution in [-0.4, -0.2) is 22.1 Å². The van der Waals surface area contributed by atoms with Gasteiger partial charge in [-0.3, -0.25) is 0 Å². The molecule has 1 heterocycles. The van der Waals surface area contributed by atoms with Gasteiger partial charge in [-0.2, -0.15) is 0 Å².